The minimum atomic E-state index is -0.380. The topological polar surface area (TPSA) is 52.6 Å². The van der Waals surface area contributed by atoms with Crippen LogP contribution < -0.4 is 0 Å². The van der Waals surface area contributed by atoms with Crippen molar-refractivity contribution in [1.29, 1.82) is 0 Å². The van der Waals surface area contributed by atoms with Crippen molar-refractivity contribution in [3.63, 3.8) is 0 Å². The summed E-state index contributed by atoms with van der Waals surface area (Å²) in [5, 5.41) is 0. The smallest absolute Gasteiger partial charge is 0.247 e. The molecule has 4 nitrogen and oxygen atoms in total. The Balaban J connectivity index is 4.43. The molecule has 0 saturated carbocycles. The standard InChI is InChI=1S/C20H38O4/c1-5-9-13-17(14-10-6-2)19(21)23-24-20(22)18(15-11-7-3)16-12-8-4/h17-18H,5-16H2,1-4H3. The van der Waals surface area contributed by atoms with Crippen molar-refractivity contribution >= 4 is 11.9 Å². The highest BCUT2D eigenvalue weighted by Crippen LogP contribution is 2.20. The summed E-state index contributed by atoms with van der Waals surface area (Å²) in [5.74, 6) is -1.06. The summed E-state index contributed by atoms with van der Waals surface area (Å²) in [6.45, 7) is 8.42. The zero-order chi connectivity index (χ0) is 18.2. The molecule has 0 aliphatic carbocycles. The summed E-state index contributed by atoms with van der Waals surface area (Å²) in [4.78, 5) is 34.2. The fraction of sp³-hybridized carbons (Fsp3) is 0.900. The molecule has 24 heavy (non-hydrogen) atoms. The van der Waals surface area contributed by atoms with Crippen LogP contribution in [0, 0.1) is 11.8 Å². The second-order valence-electron chi connectivity index (χ2n) is 6.77. The lowest BCUT2D eigenvalue weighted by atomic mass is 9.96. The van der Waals surface area contributed by atoms with Crippen LogP contribution in [0.15, 0.2) is 0 Å². The lowest BCUT2D eigenvalue weighted by Gasteiger charge is -2.16. The zero-order valence-corrected chi connectivity index (χ0v) is 16.3. The summed E-state index contributed by atoms with van der Waals surface area (Å²) in [6.07, 6.45) is 11.4. The maximum Gasteiger partial charge on any atom is 0.358 e. The molecule has 4 heteroatoms. The third-order valence-corrected chi connectivity index (χ3v) is 4.50. The third-order valence-electron chi connectivity index (χ3n) is 4.50. The summed E-state index contributed by atoms with van der Waals surface area (Å²) < 4.78 is 0. The van der Waals surface area contributed by atoms with Crippen molar-refractivity contribution in [1.82, 2.24) is 0 Å². The Hall–Kier alpha value is -1.06. The maximum atomic E-state index is 12.2. The van der Waals surface area contributed by atoms with E-state index in [1.807, 2.05) is 0 Å². The Morgan fingerprint density at radius 3 is 1.04 bits per heavy atom. The number of hydrogen-bond donors (Lipinski definition) is 0. The van der Waals surface area contributed by atoms with E-state index in [1.165, 1.54) is 0 Å². The van der Waals surface area contributed by atoms with Gasteiger partial charge in [-0.2, -0.15) is 0 Å². The summed E-state index contributed by atoms with van der Waals surface area (Å²) >= 11 is 0. The highest BCUT2D eigenvalue weighted by Gasteiger charge is 2.25. The van der Waals surface area contributed by atoms with Gasteiger partial charge in [-0.25, -0.2) is 19.4 Å². The largest absolute Gasteiger partial charge is 0.358 e. The fourth-order valence-electron chi connectivity index (χ4n) is 2.78. The van der Waals surface area contributed by atoms with Gasteiger partial charge in [-0.15, -0.1) is 0 Å². The molecule has 0 N–H and O–H groups in total. The quantitative estimate of drug-likeness (QED) is 0.288. The molecule has 0 aliphatic rings. The van der Waals surface area contributed by atoms with Crippen molar-refractivity contribution < 1.29 is 19.4 Å². The number of unbranched alkanes of at least 4 members (excludes halogenated alkanes) is 4. The van der Waals surface area contributed by atoms with Crippen molar-refractivity contribution in [3.05, 3.63) is 0 Å². The Morgan fingerprint density at radius 2 is 0.833 bits per heavy atom. The van der Waals surface area contributed by atoms with Gasteiger partial charge in [0.15, 0.2) is 0 Å². The first kappa shape index (κ1) is 22.9. The van der Waals surface area contributed by atoms with E-state index in [9.17, 15) is 9.59 Å². The average Bonchev–Trinajstić information content (AvgIpc) is 2.59. The number of carbonyl (C=O) groups is 2. The SMILES string of the molecule is CCCCC(CCCC)C(=O)OOC(=O)C(CCCC)CCCC. The molecule has 0 rings (SSSR count). The van der Waals surface area contributed by atoms with Gasteiger partial charge in [0.25, 0.3) is 0 Å². The number of carbonyl (C=O) groups excluding carboxylic acids is 2. The van der Waals surface area contributed by atoms with Gasteiger partial charge in [0.2, 0.25) is 0 Å². The molecular formula is C20H38O4. The Kier molecular flexibility index (Phi) is 14.8. The summed E-state index contributed by atoms with van der Waals surface area (Å²) in [5.41, 5.74) is 0. The highest BCUT2D eigenvalue weighted by atomic mass is 17.2. The summed E-state index contributed by atoms with van der Waals surface area (Å²) in [7, 11) is 0. The number of rotatable bonds is 14. The molecule has 0 spiro atoms. The molecule has 0 aromatic heterocycles. The first-order chi connectivity index (χ1) is 11.6. The fourth-order valence-corrected chi connectivity index (χ4v) is 2.78. The molecule has 0 heterocycles. The molecule has 0 aromatic rings. The van der Waals surface area contributed by atoms with E-state index < -0.39 is 0 Å². The van der Waals surface area contributed by atoms with Gasteiger partial charge in [0.05, 0.1) is 11.8 Å². The minimum Gasteiger partial charge on any atom is -0.247 e. The van der Waals surface area contributed by atoms with Crippen LogP contribution in [0.2, 0.25) is 0 Å². The molecule has 0 saturated heterocycles. The molecule has 0 unspecified atom stereocenters. The van der Waals surface area contributed by atoms with E-state index in [0.29, 0.717) is 0 Å². The lowest BCUT2D eigenvalue weighted by Crippen LogP contribution is -2.24. The predicted molar refractivity (Wildman–Crippen MR) is 97.3 cm³/mol. The Morgan fingerprint density at radius 1 is 0.583 bits per heavy atom. The second kappa shape index (κ2) is 15.5. The molecule has 0 bridgehead atoms. The first-order valence-corrected chi connectivity index (χ1v) is 10.0. The molecule has 0 radical (unpaired) electrons. The molecular weight excluding hydrogens is 304 g/mol. The van der Waals surface area contributed by atoms with Gasteiger partial charge in [0.1, 0.15) is 0 Å². The minimum absolute atomic E-state index is 0.151. The van der Waals surface area contributed by atoms with Crippen LogP contribution in [0.25, 0.3) is 0 Å². The third kappa shape index (κ3) is 10.7. The maximum absolute atomic E-state index is 12.2. The van der Waals surface area contributed by atoms with Gasteiger partial charge < -0.3 is 0 Å². The van der Waals surface area contributed by atoms with E-state index >= 15 is 0 Å². The van der Waals surface area contributed by atoms with Crippen molar-refractivity contribution in [2.75, 3.05) is 0 Å². The van der Waals surface area contributed by atoms with Crippen LogP contribution in [-0.2, 0) is 19.4 Å². The van der Waals surface area contributed by atoms with E-state index in [1.54, 1.807) is 0 Å². The Labute approximate surface area is 148 Å². The van der Waals surface area contributed by atoms with Crippen LogP contribution in [0.1, 0.15) is 105 Å². The number of hydrogen-bond acceptors (Lipinski definition) is 4. The molecule has 0 fully saturated rings. The predicted octanol–water partition coefficient (Wildman–Crippen LogP) is 5.98. The first-order valence-electron chi connectivity index (χ1n) is 10.0. The van der Waals surface area contributed by atoms with Gasteiger partial charge >= 0.3 is 11.9 Å². The van der Waals surface area contributed by atoms with Gasteiger partial charge in [-0.05, 0) is 25.7 Å². The molecule has 0 amide bonds. The molecule has 0 atom stereocenters. The zero-order valence-electron chi connectivity index (χ0n) is 16.3. The average molecular weight is 343 g/mol. The lowest BCUT2D eigenvalue weighted by molar-refractivity contribution is -0.266. The van der Waals surface area contributed by atoms with Crippen LogP contribution in [0.3, 0.4) is 0 Å². The van der Waals surface area contributed by atoms with E-state index in [0.717, 1.165) is 77.0 Å². The highest BCUT2D eigenvalue weighted by molar-refractivity contribution is 5.75. The Bertz CT molecular complexity index is 280. The summed E-state index contributed by atoms with van der Waals surface area (Å²) in [6, 6.07) is 0. The molecule has 0 aliphatic heterocycles. The van der Waals surface area contributed by atoms with Gasteiger partial charge in [0, 0.05) is 0 Å². The normalized spacial score (nSPS) is 11.1. The van der Waals surface area contributed by atoms with Crippen molar-refractivity contribution in [2.24, 2.45) is 11.8 Å². The van der Waals surface area contributed by atoms with E-state index in [-0.39, 0.29) is 23.8 Å². The van der Waals surface area contributed by atoms with Crippen LogP contribution in [0.4, 0.5) is 0 Å². The molecule has 142 valence electrons. The monoisotopic (exact) mass is 342 g/mol. The van der Waals surface area contributed by atoms with Crippen LogP contribution in [0.5, 0.6) is 0 Å². The van der Waals surface area contributed by atoms with Gasteiger partial charge in [-0.3, -0.25) is 0 Å². The van der Waals surface area contributed by atoms with Crippen molar-refractivity contribution in [3.8, 4) is 0 Å². The van der Waals surface area contributed by atoms with Crippen molar-refractivity contribution in [2.45, 2.75) is 105 Å². The molecule has 0 aromatic carbocycles. The van der Waals surface area contributed by atoms with Crippen LogP contribution >= 0.6 is 0 Å². The van der Waals surface area contributed by atoms with E-state index in [2.05, 4.69) is 27.7 Å². The second-order valence-corrected chi connectivity index (χ2v) is 6.77. The van der Waals surface area contributed by atoms with Crippen LogP contribution in [-0.4, -0.2) is 11.9 Å². The van der Waals surface area contributed by atoms with Gasteiger partial charge in [-0.1, -0.05) is 79.1 Å². The van der Waals surface area contributed by atoms with E-state index in [4.69, 9.17) is 9.78 Å².